The Balaban J connectivity index is 1.83. The van der Waals surface area contributed by atoms with Gasteiger partial charge in [-0.25, -0.2) is 0 Å². The van der Waals surface area contributed by atoms with E-state index in [1.54, 1.807) is 19.2 Å². The zero-order chi connectivity index (χ0) is 14.1. The van der Waals surface area contributed by atoms with Gasteiger partial charge in [0, 0.05) is 12.0 Å². The van der Waals surface area contributed by atoms with Gasteiger partial charge in [0.05, 0.1) is 32.0 Å². The number of methoxy groups -OCH3 is 2. The van der Waals surface area contributed by atoms with Gasteiger partial charge in [0.2, 0.25) is 11.8 Å². The van der Waals surface area contributed by atoms with Crippen LogP contribution in [0.2, 0.25) is 0 Å². The van der Waals surface area contributed by atoms with Crippen LogP contribution in [0.5, 0.6) is 11.8 Å². The van der Waals surface area contributed by atoms with E-state index in [1.807, 2.05) is 0 Å². The van der Waals surface area contributed by atoms with E-state index in [4.69, 9.17) is 14.2 Å². The number of ether oxygens (including phenoxy) is 3. The maximum absolute atomic E-state index is 12.7. The molecule has 3 heterocycles. The zero-order valence-corrected chi connectivity index (χ0v) is 11.8. The first-order valence-corrected chi connectivity index (χ1v) is 7.00. The average molecular weight is 277 g/mol. The lowest BCUT2D eigenvalue weighted by molar-refractivity contribution is -0.0149. The molecule has 0 N–H and O–H groups in total. The van der Waals surface area contributed by atoms with Gasteiger partial charge in [-0.15, -0.1) is 0 Å². The summed E-state index contributed by atoms with van der Waals surface area (Å²) in [4.78, 5) is 16.9. The van der Waals surface area contributed by atoms with E-state index in [0.29, 0.717) is 17.3 Å². The van der Waals surface area contributed by atoms with Crippen LogP contribution in [0.25, 0.3) is 0 Å². The average Bonchev–Trinajstić information content (AvgIpc) is 2.84. The molecule has 2 aliphatic heterocycles. The van der Waals surface area contributed by atoms with Crippen LogP contribution >= 0.6 is 0 Å². The molecule has 5 heteroatoms. The van der Waals surface area contributed by atoms with Crippen molar-refractivity contribution in [3.63, 3.8) is 0 Å². The number of fused-ring (bicyclic) bond motifs is 2. The predicted octanol–water partition coefficient (Wildman–Crippen LogP) is 2.24. The van der Waals surface area contributed by atoms with E-state index in [2.05, 4.69) is 4.98 Å². The second-order valence-electron chi connectivity index (χ2n) is 5.40. The highest BCUT2D eigenvalue weighted by molar-refractivity contribution is 6.00. The van der Waals surface area contributed by atoms with Crippen molar-refractivity contribution < 1.29 is 19.0 Å². The molecule has 2 aliphatic rings. The summed E-state index contributed by atoms with van der Waals surface area (Å²) >= 11 is 0. The molecule has 3 rings (SSSR count). The molecule has 2 saturated heterocycles. The third-order valence-electron chi connectivity index (χ3n) is 4.16. The van der Waals surface area contributed by atoms with Crippen LogP contribution in [0.15, 0.2) is 12.1 Å². The predicted molar refractivity (Wildman–Crippen MR) is 72.3 cm³/mol. The van der Waals surface area contributed by atoms with Gasteiger partial charge < -0.3 is 14.2 Å². The lowest BCUT2D eigenvalue weighted by Crippen LogP contribution is -2.30. The Hall–Kier alpha value is -1.62. The normalized spacial score (nSPS) is 28.2. The van der Waals surface area contributed by atoms with Crippen molar-refractivity contribution in [2.75, 3.05) is 14.2 Å². The molecule has 0 saturated carbocycles. The summed E-state index contributed by atoms with van der Waals surface area (Å²) in [6.07, 6.45) is 4.27. The molecule has 108 valence electrons. The molecule has 5 nitrogen and oxygen atoms in total. The Morgan fingerprint density at radius 2 is 1.90 bits per heavy atom. The number of rotatable bonds is 4. The fraction of sp³-hybridized carbons (Fsp3) is 0.600. The minimum atomic E-state index is 0.0188. The molecule has 2 unspecified atom stereocenters. The number of pyridine rings is 1. The largest absolute Gasteiger partial charge is 0.481 e. The molecule has 20 heavy (non-hydrogen) atoms. The number of nitrogens with zero attached hydrogens (tertiary/aromatic N) is 1. The molecule has 0 spiro atoms. The van der Waals surface area contributed by atoms with Crippen molar-refractivity contribution in [2.24, 2.45) is 5.92 Å². The molecular weight excluding hydrogens is 258 g/mol. The second-order valence-corrected chi connectivity index (χ2v) is 5.40. The van der Waals surface area contributed by atoms with Gasteiger partial charge in [-0.2, -0.15) is 4.98 Å². The smallest absolute Gasteiger partial charge is 0.227 e. The highest BCUT2D eigenvalue weighted by atomic mass is 16.5. The number of hydrogen-bond acceptors (Lipinski definition) is 5. The first-order valence-electron chi connectivity index (χ1n) is 7.00. The summed E-state index contributed by atoms with van der Waals surface area (Å²) in [5, 5.41) is 0. The van der Waals surface area contributed by atoms with Crippen LogP contribution in [0.3, 0.4) is 0 Å². The molecule has 0 amide bonds. The van der Waals surface area contributed by atoms with Gasteiger partial charge in [0.25, 0.3) is 0 Å². The highest BCUT2D eigenvalue weighted by Gasteiger charge is 2.38. The third kappa shape index (κ3) is 2.38. The minimum Gasteiger partial charge on any atom is -0.481 e. The fourth-order valence-electron chi connectivity index (χ4n) is 3.17. The van der Waals surface area contributed by atoms with Crippen LogP contribution in [0, 0.1) is 5.92 Å². The number of hydrogen-bond donors (Lipinski definition) is 0. The zero-order valence-electron chi connectivity index (χ0n) is 11.8. The van der Waals surface area contributed by atoms with Gasteiger partial charge >= 0.3 is 0 Å². The number of aromatic nitrogens is 1. The third-order valence-corrected chi connectivity index (χ3v) is 4.16. The topological polar surface area (TPSA) is 57.7 Å². The summed E-state index contributed by atoms with van der Waals surface area (Å²) in [5.41, 5.74) is 0.541. The van der Waals surface area contributed by atoms with Crippen molar-refractivity contribution >= 4 is 5.78 Å². The van der Waals surface area contributed by atoms with Crippen molar-refractivity contribution in [1.29, 1.82) is 0 Å². The van der Waals surface area contributed by atoms with E-state index >= 15 is 0 Å². The van der Waals surface area contributed by atoms with Gasteiger partial charge in [-0.3, -0.25) is 4.79 Å². The van der Waals surface area contributed by atoms with Gasteiger partial charge in [0.15, 0.2) is 5.78 Å². The van der Waals surface area contributed by atoms with E-state index < -0.39 is 0 Å². The van der Waals surface area contributed by atoms with Crippen LogP contribution in [0.1, 0.15) is 36.0 Å². The molecule has 0 aromatic carbocycles. The first-order chi connectivity index (χ1) is 9.71. The Morgan fingerprint density at radius 1 is 1.20 bits per heavy atom. The number of carbonyl (C=O) groups excluding carboxylic acids is 1. The van der Waals surface area contributed by atoms with Gasteiger partial charge in [-0.1, -0.05) is 0 Å². The molecule has 0 aliphatic carbocycles. The monoisotopic (exact) mass is 277 g/mol. The van der Waals surface area contributed by atoms with E-state index in [9.17, 15) is 4.79 Å². The van der Waals surface area contributed by atoms with Crippen LogP contribution in [-0.4, -0.2) is 37.2 Å². The Morgan fingerprint density at radius 3 is 2.50 bits per heavy atom. The molecular formula is C15H19NO4. The summed E-state index contributed by atoms with van der Waals surface area (Å²) in [6, 6.07) is 3.44. The van der Waals surface area contributed by atoms with Crippen LogP contribution in [-0.2, 0) is 4.74 Å². The Kier molecular flexibility index (Phi) is 3.61. The SMILES string of the molecule is COc1ccc(C(=O)C2CC3CCC(C2)O3)c(OC)n1. The van der Waals surface area contributed by atoms with Crippen molar-refractivity contribution in [2.45, 2.75) is 37.9 Å². The van der Waals surface area contributed by atoms with E-state index in [1.165, 1.54) is 7.11 Å². The van der Waals surface area contributed by atoms with Crippen LogP contribution in [0.4, 0.5) is 0 Å². The quantitative estimate of drug-likeness (QED) is 0.790. The molecule has 1 aromatic heterocycles. The molecule has 0 radical (unpaired) electrons. The van der Waals surface area contributed by atoms with Crippen LogP contribution < -0.4 is 9.47 Å². The fourth-order valence-corrected chi connectivity index (χ4v) is 3.17. The summed E-state index contributed by atoms with van der Waals surface area (Å²) < 4.78 is 16.1. The summed E-state index contributed by atoms with van der Waals surface area (Å²) in [5.74, 6) is 0.918. The standard InChI is InChI=1S/C15H19NO4/c1-18-13-6-5-12(15(16-13)19-2)14(17)9-7-10-3-4-11(8-9)20-10/h5-6,9-11H,3-4,7-8H2,1-2H3. The molecule has 2 bridgehead atoms. The highest BCUT2D eigenvalue weighted by Crippen LogP contribution is 2.38. The van der Waals surface area contributed by atoms with Crippen molar-refractivity contribution in [1.82, 2.24) is 4.98 Å². The Bertz CT molecular complexity index is 505. The summed E-state index contributed by atoms with van der Waals surface area (Å²) in [7, 11) is 3.06. The number of Topliss-reactive ketones (excluding diaryl/α,β-unsaturated/α-hetero) is 1. The molecule has 2 atom stereocenters. The number of ketones is 1. The summed E-state index contributed by atoms with van der Waals surface area (Å²) in [6.45, 7) is 0. The maximum Gasteiger partial charge on any atom is 0.227 e. The number of carbonyl (C=O) groups is 1. The first kappa shape index (κ1) is 13.4. The molecule has 1 aromatic rings. The molecule has 2 fully saturated rings. The lowest BCUT2D eigenvalue weighted by Gasteiger charge is -2.27. The lowest BCUT2D eigenvalue weighted by atomic mass is 9.88. The maximum atomic E-state index is 12.7. The van der Waals surface area contributed by atoms with Crippen molar-refractivity contribution in [3.05, 3.63) is 17.7 Å². The van der Waals surface area contributed by atoms with E-state index in [-0.39, 0.29) is 23.9 Å². The Labute approximate surface area is 118 Å². The second kappa shape index (κ2) is 5.40. The van der Waals surface area contributed by atoms with E-state index in [0.717, 1.165) is 25.7 Å². The van der Waals surface area contributed by atoms with Gasteiger partial charge in [-0.05, 0) is 31.7 Å². The van der Waals surface area contributed by atoms with Gasteiger partial charge in [0.1, 0.15) is 0 Å². The minimum absolute atomic E-state index is 0.0188. The van der Waals surface area contributed by atoms with Crippen molar-refractivity contribution in [3.8, 4) is 11.8 Å².